The standard InChI is InChI=1S/C27H31N3O5S/c1-20-9-8-10-22(17-20)18-29(21(2)27(32)28-3)26(31)19-30(23-11-6-5-7-12-23)36(33,34)25-15-13-24(35-4)14-16-25/h5-17,21H,18-19H2,1-4H3,(H,28,32)/t21-/m1/s1. The number of amides is 2. The zero-order chi connectivity index (χ0) is 26.3. The first-order valence-corrected chi connectivity index (χ1v) is 12.9. The van der Waals surface area contributed by atoms with Crippen molar-refractivity contribution in [3.63, 3.8) is 0 Å². The Bertz CT molecular complexity index is 1290. The van der Waals surface area contributed by atoms with Crippen LogP contribution in [0.4, 0.5) is 5.69 Å². The third-order valence-corrected chi connectivity index (χ3v) is 7.61. The summed E-state index contributed by atoms with van der Waals surface area (Å²) in [5, 5.41) is 2.57. The number of benzene rings is 3. The summed E-state index contributed by atoms with van der Waals surface area (Å²) in [6, 6.07) is 21.2. The van der Waals surface area contributed by atoms with E-state index in [1.165, 1.54) is 31.2 Å². The highest BCUT2D eigenvalue weighted by molar-refractivity contribution is 7.92. The van der Waals surface area contributed by atoms with E-state index in [1.807, 2.05) is 31.2 Å². The predicted octanol–water partition coefficient (Wildman–Crippen LogP) is 3.36. The molecule has 0 aliphatic heterocycles. The number of hydrogen-bond donors (Lipinski definition) is 1. The van der Waals surface area contributed by atoms with Gasteiger partial charge in [-0.25, -0.2) is 8.42 Å². The summed E-state index contributed by atoms with van der Waals surface area (Å²) < 4.78 is 33.6. The van der Waals surface area contributed by atoms with Crippen molar-refractivity contribution >= 4 is 27.5 Å². The van der Waals surface area contributed by atoms with E-state index in [0.717, 1.165) is 15.4 Å². The highest BCUT2D eigenvalue weighted by atomic mass is 32.2. The highest BCUT2D eigenvalue weighted by Gasteiger charge is 2.32. The van der Waals surface area contributed by atoms with Crippen molar-refractivity contribution in [2.45, 2.75) is 31.3 Å². The van der Waals surface area contributed by atoms with Crippen LogP contribution < -0.4 is 14.4 Å². The van der Waals surface area contributed by atoms with Gasteiger partial charge in [-0.15, -0.1) is 0 Å². The summed E-state index contributed by atoms with van der Waals surface area (Å²) in [5.74, 6) is -0.339. The second-order valence-corrected chi connectivity index (χ2v) is 10.2. The Morgan fingerprint density at radius 3 is 2.22 bits per heavy atom. The molecule has 190 valence electrons. The van der Waals surface area contributed by atoms with Crippen molar-refractivity contribution in [2.24, 2.45) is 0 Å². The number of likely N-dealkylation sites (N-methyl/N-ethyl adjacent to an activating group) is 1. The highest BCUT2D eigenvalue weighted by Crippen LogP contribution is 2.25. The van der Waals surface area contributed by atoms with Gasteiger partial charge in [0.1, 0.15) is 18.3 Å². The molecule has 8 nitrogen and oxygen atoms in total. The molecule has 0 aliphatic rings. The van der Waals surface area contributed by atoms with E-state index in [-0.39, 0.29) is 17.3 Å². The van der Waals surface area contributed by atoms with E-state index in [0.29, 0.717) is 11.4 Å². The topological polar surface area (TPSA) is 96.0 Å². The van der Waals surface area contributed by atoms with Gasteiger partial charge in [-0.3, -0.25) is 13.9 Å². The van der Waals surface area contributed by atoms with Crippen LogP contribution in [0.2, 0.25) is 0 Å². The average Bonchev–Trinajstić information content (AvgIpc) is 2.89. The van der Waals surface area contributed by atoms with Crippen LogP contribution >= 0.6 is 0 Å². The second-order valence-electron chi connectivity index (χ2n) is 8.32. The van der Waals surface area contributed by atoms with E-state index >= 15 is 0 Å². The molecule has 1 atom stereocenters. The van der Waals surface area contributed by atoms with Crippen molar-refractivity contribution in [2.75, 3.05) is 25.0 Å². The first-order chi connectivity index (χ1) is 17.2. The number of ether oxygens (including phenoxy) is 1. The van der Waals surface area contributed by atoms with Gasteiger partial charge in [0.15, 0.2) is 0 Å². The second kappa shape index (κ2) is 11.7. The Morgan fingerprint density at radius 2 is 1.64 bits per heavy atom. The van der Waals surface area contributed by atoms with Crippen molar-refractivity contribution in [3.8, 4) is 5.75 Å². The van der Waals surface area contributed by atoms with Crippen LogP contribution in [0.1, 0.15) is 18.1 Å². The molecule has 2 amide bonds. The number of para-hydroxylation sites is 1. The molecule has 1 N–H and O–H groups in total. The van der Waals surface area contributed by atoms with Crippen LogP contribution in [0.3, 0.4) is 0 Å². The smallest absolute Gasteiger partial charge is 0.264 e. The molecule has 0 unspecified atom stereocenters. The van der Waals surface area contributed by atoms with Gasteiger partial charge >= 0.3 is 0 Å². The maximum absolute atomic E-state index is 13.7. The van der Waals surface area contributed by atoms with Crippen molar-refractivity contribution in [1.29, 1.82) is 0 Å². The average molecular weight is 510 g/mol. The van der Waals surface area contributed by atoms with E-state index in [2.05, 4.69) is 5.32 Å². The molecule has 0 bridgehead atoms. The maximum Gasteiger partial charge on any atom is 0.264 e. The molecule has 9 heteroatoms. The number of nitrogens with one attached hydrogen (secondary N) is 1. The molecule has 0 heterocycles. The molecule has 36 heavy (non-hydrogen) atoms. The lowest BCUT2D eigenvalue weighted by Gasteiger charge is -2.31. The van der Waals surface area contributed by atoms with Crippen LogP contribution in [-0.4, -0.2) is 51.9 Å². The SMILES string of the molecule is CNC(=O)[C@@H](C)N(Cc1cccc(C)c1)C(=O)CN(c1ccccc1)S(=O)(=O)c1ccc(OC)cc1. The van der Waals surface area contributed by atoms with Gasteiger partial charge in [-0.05, 0) is 55.8 Å². The largest absolute Gasteiger partial charge is 0.497 e. The molecule has 3 aromatic carbocycles. The van der Waals surface area contributed by atoms with Crippen LogP contribution in [0.25, 0.3) is 0 Å². The van der Waals surface area contributed by atoms with Crippen LogP contribution in [0.5, 0.6) is 5.75 Å². The van der Waals surface area contributed by atoms with Gasteiger partial charge in [-0.2, -0.15) is 0 Å². The number of nitrogens with zero attached hydrogens (tertiary/aromatic N) is 2. The lowest BCUT2D eigenvalue weighted by molar-refractivity contribution is -0.139. The molecule has 3 rings (SSSR count). The van der Waals surface area contributed by atoms with E-state index in [4.69, 9.17) is 4.74 Å². The molecular formula is C27H31N3O5S. The number of carbonyl (C=O) groups excluding carboxylic acids is 2. The molecule has 0 spiro atoms. The number of carbonyl (C=O) groups is 2. The minimum Gasteiger partial charge on any atom is -0.497 e. The van der Waals surface area contributed by atoms with Gasteiger partial charge in [0.2, 0.25) is 11.8 Å². The Kier molecular flexibility index (Phi) is 8.71. The number of methoxy groups -OCH3 is 1. The number of sulfonamides is 1. The summed E-state index contributed by atoms with van der Waals surface area (Å²) in [6.07, 6.45) is 0. The molecule has 0 saturated heterocycles. The predicted molar refractivity (Wildman–Crippen MR) is 139 cm³/mol. The fourth-order valence-corrected chi connectivity index (χ4v) is 5.21. The van der Waals surface area contributed by atoms with E-state index in [9.17, 15) is 18.0 Å². The van der Waals surface area contributed by atoms with Crippen LogP contribution in [0.15, 0.2) is 83.8 Å². The van der Waals surface area contributed by atoms with E-state index < -0.39 is 28.5 Å². The minimum absolute atomic E-state index is 0.0181. The molecular weight excluding hydrogens is 478 g/mol. The van der Waals surface area contributed by atoms with Crippen LogP contribution in [-0.2, 0) is 26.2 Å². The molecule has 0 fully saturated rings. The summed E-state index contributed by atoms with van der Waals surface area (Å²) in [5.41, 5.74) is 2.19. The summed E-state index contributed by atoms with van der Waals surface area (Å²) >= 11 is 0. The quantitative estimate of drug-likeness (QED) is 0.452. The van der Waals surface area contributed by atoms with Crippen molar-refractivity contribution in [1.82, 2.24) is 10.2 Å². The first kappa shape index (κ1) is 26.7. The first-order valence-electron chi connectivity index (χ1n) is 11.5. The van der Waals surface area contributed by atoms with Gasteiger partial charge < -0.3 is 15.0 Å². The minimum atomic E-state index is -4.11. The third kappa shape index (κ3) is 6.23. The van der Waals surface area contributed by atoms with Crippen molar-refractivity contribution in [3.05, 3.63) is 90.0 Å². The lowest BCUT2D eigenvalue weighted by Crippen LogP contribution is -2.50. The summed E-state index contributed by atoms with van der Waals surface area (Å²) in [6.45, 7) is 3.24. The Balaban J connectivity index is 2.00. The zero-order valence-corrected chi connectivity index (χ0v) is 21.7. The number of aryl methyl sites for hydroxylation is 1. The molecule has 3 aromatic rings. The maximum atomic E-state index is 13.7. The molecule has 0 radical (unpaired) electrons. The molecule has 0 saturated carbocycles. The molecule has 0 aromatic heterocycles. The van der Waals surface area contributed by atoms with Gasteiger partial charge in [0.25, 0.3) is 10.0 Å². The Morgan fingerprint density at radius 1 is 0.972 bits per heavy atom. The van der Waals surface area contributed by atoms with Gasteiger partial charge in [0.05, 0.1) is 17.7 Å². The van der Waals surface area contributed by atoms with Crippen molar-refractivity contribution < 1.29 is 22.7 Å². The summed E-state index contributed by atoms with van der Waals surface area (Å²) in [7, 11) is -1.12. The van der Waals surface area contributed by atoms with Gasteiger partial charge in [-0.1, -0.05) is 48.0 Å². The molecule has 0 aliphatic carbocycles. The Labute approximate surface area is 212 Å². The Hall–Kier alpha value is -3.85. The van der Waals surface area contributed by atoms with Crippen LogP contribution in [0, 0.1) is 6.92 Å². The normalized spacial score (nSPS) is 11.9. The fraction of sp³-hybridized carbons (Fsp3) is 0.259. The summed E-state index contributed by atoms with van der Waals surface area (Å²) in [4.78, 5) is 27.6. The van der Waals surface area contributed by atoms with Gasteiger partial charge in [0, 0.05) is 13.6 Å². The number of anilines is 1. The number of rotatable bonds is 10. The number of hydrogen-bond acceptors (Lipinski definition) is 5. The third-order valence-electron chi connectivity index (χ3n) is 5.82. The fourth-order valence-electron chi connectivity index (χ4n) is 3.80. The monoisotopic (exact) mass is 509 g/mol. The zero-order valence-electron chi connectivity index (χ0n) is 20.8. The lowest BCUT2D eigenvalue weighted by atomic mass is 10.1. The van der Waals surface area contributed by atoms with E-state index in [1.54, 1.807) is 49.4 Å².